The molecule has 5 rings (SSSR count). The molecule has 1 aliphatic heterocycles. The Balaban J connectivity index is 1.11. The van der Waals surface area contributed by atoms with Crippen molar-refractivity contribution in [2.45, 2.75) is 25.7 Å². The van der Waals surface area contributed by atoms with Gasteiger partial charge in [0.25, 0.3) is 0 Å². The molecule has 0 atom stereocenters. The van der Waals surface area contributed by atoms with Crippen LogP contribution in [0.1, 0.15) is 23.7 Å². The van der Waals surface area contributed by atoms with Gasteiger partial charge in [-0.15, -0.1) is 0 Å². The Morgan fingerprint density at radius 1 is 1.09 bits per heavy atom. The smallest absolute Gasteiger partial charge is 0.157 e. The number of aromatic nitrogens is 5. The number of nitrogens with zero attached hydrogens (tertiary/aromatic N) is 5. The molecule has 35 heavy (non-hydrogen) atoms. The van der Waals surface area contributed by atoms with E-state index in [9.17, 15) is 8.78 Å². The molecular formula is C24H24F2N8S. The van der Waals surface area contributed by atoms with Crippen LogP contribution in [-0.4, -0.2) is 50.8 Å². The van der Waals surface area contributed by atoms with E-state index in [2.05, 4.69) is 40.5 Å². The van der Waals surface area contributed by atoms with Crippen molar-refractivity contribution in [3.8, 4) is 11.3 Å². The Labute approximate surface area is 204 Å². The molecule has 0 bridgehead atoms. The van der Waals surface area contributed by atoms with Gasteiger partial charge in [0.1, 0.15) is 34.1 Å². The third-order valence-electron chi connectivity index (χ3n) is 5.53. The molecule has 0 saturated heterocycles. The van der Waals surface area contributed by atoms with Gasteiger partial charge in [-0.2, -0.15) is 0 Å². The average Bonchev–Trinajstić information content (AvgIpc) is 3.51. The maximum atomic E-state index is 13.9. The number of hydrogen-bond acceptors (Lipinski definition) is 8. The van der Waals surface area contributed by atoms with Crippen molar-refractivity contribution in [3.63, 3.8) is 0 Å². The van der Waals surface area contributed by atoms with Crippen molar-refractivity contribution < 1.29 is 8.78 Å². The Kier molecular flexibility index (Phi) is 7.15. The van der Waals surface area contributed by atoms with E-state index >= 15 is 0 Å². The van der Waals surface area contributed by atoms with Crippen LogP contribution in [0.15, 0.2) is 53.3 Å². The summed E-state index contributed by atoms with van der Waals surface area (Å²) in [6.45, 7) is 1.76. The normalized spacial score (nSPS) is 13.7. The second-order valence-electron chi connectivity index (χ2n) is 8.04. The molecule has 11 heteroatoms. The number of halogens is 2. The molecule has 1 aliphatic rings. The second-order valence-corrected chi connectivity index (χ2v) is 9.11. The quantitative estimate of drug-likeness (QED) is 0.282. The number of aromatic amines is 1. The van der Waals surface area contributed by atoms with Gasteiger partial charge in [-0.05, 0) is 18.6 Å². The number of rotatable bonds is 10. The van der Waals surface area contributed by atoms with E-state index in [0.29, 0.717) is 29.9 Å². The van der Waals surface area contributed by atoms with Gasteiger partial charge in [-0.1, -0.05) is 23.5 Å². The molecule has 4 aromatic rings. The number of aliphatic imine (C=N–C) groups is 1. The van der Waals surface area contributed by atoms with E-state index < -0.39 is 0 Å². The minimum Gasteiger partial charge on any atom is -0.362 e. The van der Waals surface area contributed by atoms with Crippen LogP contribution in [0.4, 0.5) is 14.6 Å². The van der Waals surface area contributed by atoms with Gasteiger partial charge in [-0.25, -0.2) is 28.7 Å². The number of allylic oxidation sites excluding steroid dienone is 1. The molecule has 4 heterocycles. The SMILES string of the molecule is FC1=C(CNc2ncnc3sc(CCNCCc4ncc(-c5cccc(F)c5)[nH]4)nc23)N=CCC1. The molecule has 0 unspecified atom stereocenters. The summed E-state index contributed by atoms with van der Waals surface area (Å²) in [5, 5.41) is 7.50. The predicted octanol–water partition coefficient (Wildman–Crippen LogP) is 4.45. The van der Waals surface area contributed by atoms with Crippen LogP contribution >= 0.6 is 11.3 Å². The van der Waals surface area contributed by atoms with Crippen molar-refractivity contribution in [3.05, 3.63) is 65.0 Å². The lowest BCUT2D eigenvalue weighted by molar-refractivity contribution is 0.575. The third-order valence-corrected chi connectivity index (χ3v) is 6.56. The standard InChI is InChI=1S/C24H24F2N8S/c25-16-4-1-3-15(11-16)18-12-29-20(33-18)6-9-27-10-7-21-34-22-23(31-14-32-24(22)35-21)30-13-19-17(26)5-2-8-28-19/h1,3-4,8,11-12,14,27H,2,5-7,9-10,13H2,(H,29,33)(H,30,31,32). The molecule has 3 aromatic heterocycles. The third kappa shape index (κ3) is 5.75. The van der Waals surface area contributed by atoms with E-state index in [1.807, 2.05) is 6.07 Å². The fraction of sp³-hybridized carbons (Fsp3) is 0.292. The van der Waals surface area contributed by atoms with Gasteiger partial charge >= 0.3 is 0 Å². The second kappa shape index (κ2) is 10.8. The lowest BCUT2D eigenvalue weighted by atomic mass is 10.2. The summed E-state index contributed by atoms with van der Waals surface area (Å²) in [4.78, 5) is 25.8. The number of hydrogen-bond donors (Lipinski definition) is 3. The number of benzene rings is 1. The summed E-state index contributed by atoms with van der Waals surface area (Å²) >= 11 is 1.52. The maximum Gasteiger partial charge on any atom is 0.157 e. The highest BCUT2D eigenvalue weighted by molar-refractivity contribution is 7.18. The van der Waals surface area contributed by atoms with Gasteiger partial charge in [0, 0.05) is 44.1 Å². The number of H-pyrrole nitrogens is 1. The number of anilines is 1. The van der Waals surface area contributed by atoms with Crippen LogP contribution in [0.5, 0.6) is 0 Å². The molecule has 1 aromatic carbocycles. The molecule has 0 aliphatic carbocycles. The molecule has 0 fully saturated rings. The predicted molar refractivity (Wildman–Crippen MR) is 134 cm³/mol. The number of nitrogens with one attached hydrogen (secondary N) is 3. The average molecular weight is 495 g/mol. The van der Waals surface area contributed by atoms with E-state index in [0.717, 1.165) is 52.9 Å². The topological polar surface area (TPSA) is 104 Å². The van der Waals surface area contributed by atoms with Crippen molar-refractivity contribution >= 4 is 33.7 Å². The summed E-state index contributed by atoms with van der Waals surface area (Å²) < 4.78 is 27.4. The number of thiazole rings is 1. The zero-order valence-electron chi connectivity index (χ0n) is 18.9. The van der Waals surface area contributed by atoms with E-state index in [4.69, 9.17) is 0 Å². The summed E-state index contributed by atoms with van der Waals surface area (Å²) in [6.07, 6.45) is 7.44. The summed E-state index contributed by atoms with van der Waals surface area (Å²) in [5.74, 6) is 0.971. The number of imidazole rings is 1. The highest BCUT2D eigenvalue weighted by Gasteiger charge is 2.13. The Hall–Kier alpha value is -3.57. The van der Waals surface area contributed by atoms with Gasteiger partial charge in [0.05, 0.1) is 29.1 Å². The minimum atomic E-state index is -0.270. The molecule has 180 valence electrons. The Morgan fingerprint density at radius 3 is 2.89 bits per heavy atom. The molecule has 0 amide bonds. The molecular weight excluding hydrogens is 470 g/mol. The van der Waals surface area contributed by atoms with Crippen molar-refractivity contribution in [2.75, 3.05) is 25.0 Å². The first-order valence-electron chi connectivity index (χ1n) is 11.4. The molecule has 0 radical (unpaired) electrons. The fourth-order valence-corrected chi connectivity index (χ4v) is 4.65. The summed E-state index contributed by atoms with van der Waals surface area (Å²) in [5.41, 5.74) is 2.67. The molecule has 0 spiro atoms. The van der Waals surface area contributed by atoms with Crippen LogP contribution in [-0.2, 0) is 12.8 Å². The van der Waals surface area contributed by atoms with E-state index in [1.54, 1.807) is 18.5 Å². The van der Waals surface area contributed by atoms with Gasteiger partial charge in [0.15, 0.2) is 5.82 Å². The first-order chi connectivity index (χ1) is 17.2. The highest BCUT2D eigenvalue weighted by Crippen LogP contribution is 2.26. The van der Waals surface area contributed by atoms with Gasteiger partial charge < -0.3 is 15.6 Å². The van der Waals surface area contributed by atoms with Crippen LogP contribution in [0.2, 0.25) is 0 Å². The summed E-state index contributed by atoms with van der Waals surface area (Å²) in [7, 11) is 0. The molecule has 3 N–H and O–H groups in total. The van der Waals surface area contributed by atoms with Crippen LogP contribution in [0.25, 0.3) is 21.6 Å². The molecule has 8 nitrogen and oxygen atoms in total. The van der Waals surface area contributed by atoms with Crippen molar-refractivity contribution in [1.82, 2.24) is 30.2 Å². The van der Waals surface area contributed by atoms with E-state index in [1.165, 1.54) is 29.8 Å². The first kappa shape index (κ1) is 23.2. The molecule has 0 saturated carbocycles. The van der Waals surface area contributed by atoms with Gasteiger partial charge in [0.2, 0.25) is 0 Å². The van der Waals surface area contributed by atoms with Gasteiger partial charge in [-0.3, -0.25) is 4.99 Å². The Bertz CT molecular complexity index is 1380. The minimum absolute atomic E-state index is 0.185. The van der Waals surface area contributed by atoms with Crippen LogP contribution in [0, 0.1) is 5.82 Å². The highest BCUT2D eigenvalue weighted by atomic mass is 32.1. The maximum absolute atomic E-state index is 13.9. The monoisotopic (exact) mass is 494 g/mol. The van der Waals surface area contributed by atoms with Crippen molar-refractivity contribution in [2.24, 2.45) is 4.99 Å². The first-order valence-corrected chi connectivity index (χ1v) is 12.2. The number of fused-ring (bicyclic) bond motifs is 1. The van der Waals surface area contributed by atoms with Crippen LogP contribution in [0.3, 0.4) is 0 Å². The summed E-state index contributed by atoms with van der Waals surface area (Å²) in [6, 6.07) is 6.44. The lowest BCUT2D eigenvalue weighted by Gasteiger charge is -2.10. The van der Waals surface area contributed by atoms with Crippen LogP contribution < -0.4 is 10.6 Å². The lowest BCUT2D eigenvalue weighted by Crippen LogP contribution is -2.20. The van der Waals surface area contributed by atoms with E-state index in [-0.39, 0.29) is 18.2 Å². The zero-order chi connectivity index (χ0) is 24.0. The fourth-order valence-electron chi connectivity index (χ4n) is 3.74. The zero-order valence-corrected chi connectivity index (χ0v) is 19.7. The largest absolute Gasteiger partial charge is 0.362 e. The van der Waals surface area contributed by atoms with Crippen molar-refractivity contribution in [1.29, 1.82) is 0 Å². The Morgan fingerprint density at radius 2 is 2.00 bits per heavy atom.